The van der Waals surface area contributed by atoms with Crippen molar-refractivity contribution >= 4 is 35.1 Å². The first-order chi connectivity index (χ1) is 17.6. The van der Waals surface area contributed by atoms with Crippen molar-refractivity contribution in [1.29, 1.82) is 0 Å². The van der Waals surface area contributed by atoms with Crippen LogP contribution in [0.2, 0.25) is 0 Å². The Hall–Kier alpha value is -4.85. The third-order valence-electron chi connectivity index (χ3n) is 5.94. The lowest BCUT2D eigenvalue weighted by atomic mass is 10.1. The molecule has 2 aromatic carbocycles. The van der Waals surface area contributed by atoms with Crippen molar-refractivity contribution < 1.29 is 19.1 Å². The zero-order chi connectivity index (χ0) is 26.7. The molecule has 0 atom stereocenters. The van der Waals surface area contributed by atoms with Crippen molar-refractivity contribution in [3.8, 4) is 11.1 Å². The van der Waals surface area contributed by atoms with Crippen molar-refractivity contribution in [1.82, 2.24) is 9.13 Å². The molecule has 3 N–H and O–H groups in total. The molecule has 0 spiro atoms. The average Bonchev–Trinajstić information content (AvgIpc) is 3.44. The molecular formula is C29H28N4O4. The summed E-state index contributed by atoms with van der Waals surface area (Å²) in [5.74, 6) is -0.978. The quantitative estimate of drug-likeness (QED) is 0.164. The van der Waals surface area contributed by atoms with Crippen molar-refractivity contribution in [2.45, 2.75) is 6.92 Å². The molecule has 0 radical (unpaired) electrons. The molecule has 4 aromatic rings. The zero-order valence-electron chi connectivity index (χ0n) is 21.1. The number of methoxy groups -OCH3 is 1. The Morgan fingerprint density at radius 2 is 1.59 bits per heavy atom. The van der Waals surface area contributed by atoms with Gasteiger partial charge in [-0.2, -0.15) is 0 Å². The second-order valence-corrected chi connectivity index (χ2v) is 8.85. The number of carbonyl (C=O) groups is 3. The Kier molecular flexibility index (Phi) is 7.11. The minimum Gasteiger partial charge on any atom is -0.465 e. The standard InChI is InChI=1S/C29H28N4O4/c1-18-11-21(29(36)37-4)14-24(12-18)31-28(35)26-13-19(16-32(26)2)5-10-27(34)25-15-22(17-33(25)3)20-6-8-23(30)9-7-20/h5-17H,30H2,1-4H3,(H,31,35). The molecule has 2 heterocycles. The van der Waals surface area contributed by atoms with Crippen LogP contribution in [0.4, 0.5) is 11.4 Å². The molecule has 0 bridgehead atoms. The highest BCUT2D eigenvalue weighted by molar-refractivity contribution is 6.07. The van der Waals surface area contributed by atoms with Crippen molar-refractivity contribution in [3.63, 3.8) is 0 Å². The maximum atomic E-state index is 12.9. The van der Waals surface area contributed by atoms with Crippen LogP contribution in [-0.2, 0) is 18.8 Å². The molecule has 4 rings (SSSR count). The Labute approximate surface area is 215 Å². The maximum Gasteiger partial charge on any atom is 0.337 e. The molecule has 0 unspecified atom stereocenters. The number of amides is 1. The van der Waals surface area contributed by atoms with E-state index < -0.39 is 5.97 Å². The molecule has 0 fully saturated rings. The van der Waals surface area contributed by atoms with Gasteiger partial charge in [-0.05, 0) is 78.2 Å². The second-order valence-electron chi connectivity index (χ2n) is 8.85. The number of anilines is 2. The lowest BCUT2D eigenvalue weighted by Crippen LogP contribution is -2.16. The topological polar surface area (TPSA) is 108 Å². The number of nitrogens with two attached hydrogens (primary N) is 1. The van der Waals surface area contributed by atoms with Crippen LogP contribution >= 0.6 is 0 Å². The summed E-state index contributed by atoms with van der Waals surface area (Å²) in [6.07, 6.45) is 6.83. The van der Waals surface area contributed by atoms with E-state index in [2.05, 4.69) is 5.32 Å². The third-order valence-corrected chi connectivity index (χ3v) is 5.94. The molecule has 0 saturated carbocycles. The molecule has 37 heavy (non-hydrogen) atoms. The summed E-state index contributed by atoms with van der Waals surface area (Å²) >= 11 is 0. The summed E-state index contributed by atoms with van der Waals surface area (Å²) in [6, 6.07) is 16.0. The number of hydrogen-bond acceptors (Lipinski definition) is 5. The summed E-state index contributed by atoms with van der Waals surface area (Å²) in [4.78, 5) is 37.7. The van der Waals surface area contributed by atoms with Crippen molar-refractivity contribution in [2.75, 3.05) is 18.2 Å². The number of benzene rings is 2. The number of nitrogen functional groups attached to an aromatic ring is 1. The number of aromatic nitrogens is 2. The van der Waals surface area contributed by atoms with Crippen LogP contribution in [0.3, 0.4) is 0 Å². The lowest BCUT2D eigenvalue weighted by Gasteiger charge is -2.09. The van der Waals surface area contributed by atoms with Crippen molar-refractivity contribution in [3.05, 3.63) is 101 Å². The van der Waals surface area contributed by atoms with Gasteiger partial charge in [0, 0.05) is 43.4 Å². The lowest BCUT2D eigenvalue weighted by molar-refractivity contribution is 0.0600. The van der Waals surface area contributed by atoms with Crippen LogP contribution in [0.1, 0.15) is 42.5 Å². The summed E-state index contributed by atoms with van der Waals surface area (Å²) in [6.45, 7) is 1.83. The van der Waals surface area contributed by atoms with Crippen LogP contribution in [0, 0.1) is 6.92 Å². The van der Waals surface area contributed by atoms with Gasteiger partial charge in [0.15, 0.2) is 0 Å². The van der Waals surface area contributed by atoms with Gasteiger partial charge in [0.25, 0.3) is 5.91 Å². The summed E-state index contributed by atoms with van der Waals surface area (Å²) in [7, 11) is 4.88. The third kappa shape index (κ3) is 5.70. The van der Waals surface area contributed by atoms with Gasteiger partial charge in [0.2, 0.25) is 5.78 Å². The molecule has 8 heteroatoms. The zero-order valence-corrected chi connectivity index (χ0v) is 21.1. The Balaban J connectivity index is 1.49. The Morgan fingerprint density at radius 3 is 2.30 bits per heavy atom. The van der Waals surface area contributed by atoms with Gasteiger partial charge in [-0.3, -0.25) is 9.59 Å². The van der Waals surface area contributed by atoms with Gasteiger partial charge in [0.05, 0.1) is 18.4 Å². The van der Waals surface area contributed by atoms with Crippen LogP contribution in [0.5, 0.6) is 0 Å². The van der Waals surface area contributed by atoms with E-state index >= 15 is 0 Å². The fraction of sp³-hybridized carbons (Fsp3) is 0.138. The van der Waals surface area contributed by atoms with Crippen LogP contribution in [-0.4, -0.2) is 33.9 Å². The number of rotatable bonds is 7. The molecule has 1 amide bonds. The fourth-order valence-corrected chi connectivity index (χ4v) is 4.09. The van der Waals surface area contributed by atoms with E-state index in [0.717, 1.165) is 16.7 Å². The smallest absolute Gasteiger partial charge is 0.337 e. The molecule has 0 aliphatic carbocycles. The van der Waals surface area contributed by atoms with E-state index in [1.54, 1.807) is 52.7 Å². The number of esters is 1. The molecule has 2 aromatic heterocycles. The first kappa shape index (κ1) is 25.2. The number of allylic oxidation sites excluding steroid dienone is 1. The summed E-state index contributed by atoms with van der Waals surface area (Å²) in [5.41, 5.74) is 11.6. The summed E-state index contributed by atoms with van der Waals surface area (Å²) in [5, 5.41) is 2.82. The number of hydrogen-bond donors (Lipinski definition) is 2. The Morgan fingerprint density at radius 1 is 0.892 bits per heavy atom. The minimum atomic E-state index is -0.478. The van der Waals surface area contributed by atoms with Gasteiger partial charge in [0.1, 0.15) is 5.69 Å². The highest BCUT2D eigenvalue weighted by Gasteiger charge is 2.15. The highest BCUT2D eigenvalue weighted by Crippen LogP contribution is 2.24. The van der Waals surface area contributed by atoms with E-state index in [9.17, 15) is 14.4 Å². The van der Waals surface area contributed by atoms with Crippen LogP contribution < -0.4 is 11.1 Å². The van der Waals surface area contributed by atoms with Crippen LogP contribution in [0.15, 0.2) is 73.1 Å². The van der Waals surface area contributed by atoms with Gasteiger partial charge in [-0.1, -0.05) is 12.1 Å². The van der Waals surface area contributed by atoms with Gasteiger partial charge >= 0.3 is 5.97 Å². The monoisotopic (exact) mass is 496 g/mol. The van der Waals surface area contributed by atoms with Gasteiger partial charge in [-0.15, -0.1) is 0 Å². The first-order valence-corrected chi connectivity index (χ1v) is 11.6. The predicted octanol–water partition coefficient (Wildman–Crippen LogP) is 4.86. The number of ketones is 1. The van der Waals surface area contributed by atoms with Crippen LogP contribution in [0.25, 0.3) is 17.2 Å². The van der Waals surface area contributed by atoms with E-state index in [-0.39, 0.29) is 11.7 Å². The number of ether oxygens (including phenoxy) is 1. The van der Waals surface area contributed by atoms with Gasteiger partial charge < -0.3 is 24.9 Å². The average molecular weight is 497 g/mol. The maximum absolute atomic E-state index is 12.9. The predicted molar refractivity (Wildman–Crippen MR) is 145 cm³/mol. The SMILES string of the molecule is COC(=O)c1cc(C)cc(NC(=O)c2cc(C=CC(=O)c3cc(-c4ccc(N)cc4)cn3C)cn2C)c1. The molecule has 8 nitrogen and oxygen atoms in total. The summed E-state index contributed by atoms with van der Waals surface area (Å²) < 4.78 is 8.24. The fourth-order valence-electron chi connectivity index (χ4n) is 4.09. The Bertz CT molecular complexity index is 1520. The molecule has 188 valence electrons. The molecular weight excluding hydrogens is 468 g/mol. The largest absolute Gasteiger partial charge is 0.465 e. The normalized spacial score (nSPS) is 11.0. The second kappa shape index (κ2) is 10.4. The first-order valence-electron chi connectivity index (χ1n) is 11.6. The molecule has 0 aliphatic rings. The van der Waals surface area contributed by atoms with E-state index in [4.69, 9.17) is 10.5 Å². The van der Waals surface area contributed by atoms with E-state index in [0.29, 0.717) is 33.9 Å². The number of carbonyl (C=O) groups excluding carboxylic acids is 3. The van der Waals surface area contributed by atoms with Gasteiger partial charge in [-0.25, -0.2) is 4.79 Å². The number of nitrogens with zero attached hydrogens (tertiary/aromatic N) is 2. The van der Waals surface area contributed by atoms with E-state index in [1.807, 2.05) is 50.5 Å². The minimum absolute atomic E-state index is 0.158. The highest BCUT2D eigenvalue weighted by atomic mass is 16.5. The molecule has 0 saturated heterocycles. The number of nitrogens with one attached hydrogen (secondary N) is 1. The van der Waals surface area contributed by atoms with E-state index in [1.165, 1.54) is 13.2 Å². The number of aryl methyl sites for hydroxylation is 3. The molecule has 0 aliphatic heterocycles. The van der Waals surface area contributed by atoms with Crippen molar-refractivity contribution in [2.24, 2.45) is 14.1 Å².